The van der Waals surface area contributed by atoms with Crippen LogP contribution in [0.25, 0.3) is 44.1 Å². The molecular weight excluding hydrogens is 554 g/mol. The van der Waals surface area contributed by atoms with Crippen LogP contribution in [0, 0.1) is 0 Å². The monoisotopic (exact) mass is 585 g/mol. The number of likely N-dealkylation sites (tertiary alicyclic amines) is 1. The van der Waals surface area contributed by atoms with Gasteiger partial charge in [0.25, 0.3) is 0 Å². The molecule has 0 unspecified atom stereocenters. The summed E-state index contributed by atoms with van der Waals surface area (Å²) in [6, 6.07) is 21.6. The van der Waals surface area contributed by atoms with Gasteiger partial charge in [0.15, 0.2) is 17.3 Å². The van der Waals surface area contributed by atoms with Crippen LogP contribution in [0.5, 0.6) is 11.5 Å². The standard InChI is InChI=1S/C34H31N7O3/c1-4-29-25(17-36-38-29)11-21(1)23-3-6-31-32(13-23)44-33-14-24(22-2-5-30-26(12-22)18-37-39-30)16-35-34(33)41(31)8-10-42-9-7-40-19-28-15-27(40)20-43-28/h1-6,11-14,16-18,27-28H,7-10,15,19-20H2,(H,36,38)(H,37,39)/t27-,28-/m0/s1. The number of nitrogens with zero attached hydrogens (tertiary/aromatic N) is 5. The second-order valence-corrected chi connectivity index (χ2v) is 11.8. The predicted octanol–water partition coefficient (Wildman–Crippen LogP) is 5.90. The Kier molecular flexibility index (Phi) is 6.10. The largest absolute Gasteiger partial charge is 0.451 e. The van der Waals surface area contributed by atoms with Crippen LogP contribution < -0.4 is 9.64 Å². The van der Waals surface area contributed by atoms with Gasteiger partial charge in [-0.2, -0.15) is 10.2 Å². The van der Waals surface area contributed by atoms with Crippen molar-refractivity contribution in [3.8, 4) is 33.8 Å². The lowest BCUT2D eigenvalue weighted by atomic mass is 10.0. The molecule has 44 heavy (non-hydrogen) atoms. The van der Waals surface area contributed by atoms with E-state index in [9.17, 15) is 0 Å². The lowest BCUT2D eigenvalue weighted by Gasteiger charge is -2.32. The molecule has 6 aromatic rings. The molecule has 0 aliphatic carbocycles. The Hall–Kier alpha value is -4.77. The highest BCUT2D eigenvalue weighted by Crippen LogP contribution is 2.48. The quantitative estimate of drug-likeness (QED) is 0.213. The van der Waals surface area contributed by atoms with E-state index in [4.69, 9.17) is 19.2 Å². The van der Waals surface area contributed by atoms with Crippen LogP contribution in [0.3, 0.4) is 0 Å². The Labute approximate surface area is 253 Å². The van der Waals surface area contributed by atoms with Crippen LogP contribution >= 0.6 is 0 Å². The van der Waals surface area contributed by atoms with Crippen molar-refractivity contribution < 1.29 is 14.2 Å². The summed E-state index contributed by atoms with van der Waals surface area (Å²) in [6.45, 7) is 4.75. The molecule has 3 aromatic carbocycles. The summed E-state index contributed by atoms with van der Waals surface area (Å²) in [5, 5.41) is 16.5. The summed E-state index contributed by atoms with van der Waals surface area (Å²) in [5.41, 5.74) is 7.21. The number of hydrogen-bond acceptors (Lipinski definition) is 8. The molecule has 3 aliphatic rings. The van der Waals surface area contributed by atoms with E-state index in [1.54, 1.807) is 0 Å². The Morgan fingerprint density at radius 2 is 1.48 bits per heavy atom. The van der Waals surface area contributed by atoms with E-state index in [1.165, 1.54) is 0 Å². The first-order chi connectivity index (χ1) is 21.7. The first-order valence-corrected chi connectivity index (χ1v) is 15.1. The fourth-order valence-electron chi connectivity index (χ4n) is 6.77. The van der Waals surface area contributed by atoms with Crippen LogP contribution in [0.1, 0.15) is 6.42 Å². The average molecular weight is 586 g/mol. The van der Waals surface area contributed by atoms with Gasteiger partial charge in [0.1, 0.15) is 0 Å². The molecule has 0 spiro atoms. The number of hydrogen-bond donors (Lipinski definition) is 2. The highest BCUT2D eigenvalue weighted by Gasteiger charge is 2.38. The van der Waals surface area contributed by atoms with Crippen molar-refractivity contribution in [2.45, 2.75) is 18.6 Å². The van der Waals surface area contributed by atoms with Gasteiger partial charge >= 0.3 is 0 Å². The van der Waals surface area contributed by atoms with Crippen molar-refractivity contribution in [1.82, 2.24) is 30.3 Å². The number of pyridine rings is 1. The van der Waals surface area contributed by atoms with Crippen LogP contribution in [0.15, 0.2) is 79.3 Å². The minimum Gasteiger partial charge on any atom is -0.451 e. The zero-order chi connectivity index (χ0) is 29.0. The molecule has 2 bridgehead atoms. The second kappa shape index (κ2) is 10.4. The molecule has 10 heteroatoms. The van der Waals surface area contributed by atoms with E-state index >= 15 is 0 Å². The maximum absolute atomic E-state index is 6.60. The number of aromatic nitrogens is 5. The van der Waals surface area contributed by atoms with Gasteiger partial charge in [0, 0.05) is 48.2 Å². The zero-order valence-electron chi connectivity index (χ0n) is 24.1. The molecule has 6 heterocycles. The topological polar surface area (TPSA) is 104 Å². The Morgan fingerprint density at radius 1 is 0.773 bits per heavy atom. The molecule has 0 amide bonds. The molecule has 2 atom stereocenters. The lowest BCUT2D eigenvalue weighted by molar-refractivity contribution is 0.0163. The second-order valence-electron chi connectivity index (χ2n) is 11.8. The van der Waals surface area contributed by atoms with Crippen molar-refractivity contribution in [2.75, 3.05) is 44.4 Å². The van der Waals surface area contributed by atoms with Gasteiger partial charge in [0.05, 0.1) is 55.0 Å². The van der Waals surface area contributed by atoms with E-state index in [0.717, 1.165) is 93.2 Å². The van der Waals surface area contributed by atoms with Crippen molar-refractivity contribution in [2.24, 2.45) is 0 Å². The maximum Gasteiger partial charge on any atom is 0.176 e. The smallest absolute Gasteiger partial charge is 0.176 e. The molecule has 2 saturated heterocycles. The van der Waals surface area contributed by atoms with Crippen molar-refractivity contribution in [3.63, 3.8) is 0 Å². The third kappa shape index (κ3) is 4.50. The molecular formula is C34H31N7O3. The zero-order valence-corrected chi connectivity index (χ0v) is 24.1. The lowest BCUT2D eigenvalue weighted by Crippen LogP contribution is -2.39. The van der Waals surface area contributed by atoms with Crippen molar-refractivity contribution in [3.05, 3.63) is 79.3 Å². The van der Waals surface area contributed by atoms with Crippen molar-refractivity contribution in [1.29, 1.82) is 0 Å². The number of benzene rings is 3. The normalized spacial score (nSPS) is 19.0. The Morgan fingerprint density at radius 3 is 2.23 bits per heavy atom. The summed E-state index contributed by atoms with van der Waals surface area (Å²) in [5.74, 6) is 2.30. The number of nitrogens with one attached hydrogen (secondary N) is 2. The van der Waals surface area contributed by atoms with E-state index in [2.05, 4.69) is 84.8 Å². The molecule has 2 N–H and O–H groups in total. The van der Waals surface area contributed by atoms with Gasteiger partial charge in [0.2, 0.25) is 0 Å². The molecule has 220 valence electrons. The molecule has 2 fully saturated rings. The van der Waals surface area contributed by atoms with Gasteiger partial charge in [-0.3, -0.25) is 15.1 Å². The SMILES string of the molecule is c1cc2c(cc1-c1ccc3[nH]ncc3c1)Oc1cc(-c3ccc4[nH]ncc4c3)cnc1N2CCOCCN1C[C@@H]2C[C@H]1CO2. The summed E-state index contributed by atoms with van der Waals surface area (Å²) in [7, 11) is 0. The fourth-order valence-corrected chi connectivity index (χ4v) is 6.77. The third-order valence-electron chi connectivity index (χ3n) is 9.10. The molecule has 3 aromatic heterocycles. The van der Waals surface area contributed by atoms with Gasteiger partial charge in [-0.1, -0.05) is 18.2 Å². The third-order valence-corrected chi connectivity index (χ3v) is 9.10. The van der Waals surface area contributed by atoms with Gasteiger partial charge in [-0.15, -0.1) is 0 Å². The van der Waals surface area contributed by atoms with E-state index in [0.29, 0.717) is 31.9 Å². The highest BCUT2D eigenvalue weighted by molar-refractivity contribution is 5.87. The number of H-pyrrole nitrogens is 2. The number of aromatic amines is 2. The molecule has 3 aliphatic heterocycles. The van der Waals surface area contributed by atoms with Crippen LogP contribution in [-0.4, -0.2) is 81.9 Å². The minimum atomic E-state index is 0.408. The Bertz CT molecular complexity index is 1880. The summed E-state index contributed by atoms with van der Waals surface area (Å²) in [4.78, 5) is 9.64. The summed E-state index contributed by atoms with van der Waals surface area (Å²) < 4.78 is 18.5. The van der Waals surface area contributed by atoms with Gasteiger partial charge < -0.3 is 19.1 Å². The number of ether oxygens (including phenoxy) is 3. The average Bonchev–Trinajstić information content (AvgIpc) is 3.88. The number of anilines is 2. The number of rotatable bonds is 8. The maximum atomic E-state index is 6.60. The molecule has 0 radical (unpaired) electrons. The molecule has 0 saturated carbocycles. The van der Waals surface area contributed by atoms with Crippen LogP contribution in [-0.2, 0) is 9.47 Å². The molecule has 9 rings (SSSR count). The van der Waals surface area contributed by atoms with E-state index in [-0.39, 0.29) is 0 Å². The highest BCUT2D eigenvalue weighted by atomic mass is 16.5. The first-order valence-electron chi connectivity index (χ1n) is 15.1. The fraction of sp³-hybridized carbons (Fsp3) is 0.265. The van der Waals surface area contributed by atoms with Crippen molar-refractivity contribution >= 4 is 33.3 Å². The summed E-state index contributed by atoms with van der Waals surface area (Å²) in [6.07, 6.45) is 7.17. The summed E-state index contributed by atoms with van der Waals surface area (Å²) >= 11 is 0. The van der Waals surface area contributed by atoms with Crippen LogP contribution in [0.4, 0.5) is 11.5 Å². The van der Waals surface area contributed by atoms with Crippen LogP contribution in [0.2, 0.25) is 0 Å². The van der Waals surface area contributed by atoms with Gasteiger partial charge in [-0.05, 0) is 65.6 Å². The minimum absolute atomic E-state index is 0.408. The predicted molar refractivity (Wildman–Crippen MR) is 168 cm³/mol. The van der Waals surface area contributed by atoms with E-state index < -0.39 is 0 Å². The first kappa shape index (κ1) is 25.7. The molecule has 10 nitrogen and oxygen atoms in total. The number of fused-ring (bicyclic) bond motifs is 6. The number of morpholine rings is 1. The Balaban J connectivity index is 1.01. The van der Waals surface area contributed by atoms with Gasteiger partial charge in [-0.25, -0.2) is 4.98 Å². The van der Waals surface area contributed by atoms with E-state index in [1.807, 2.05) is 24.7 Å².